The van der Waals surface area contributed by atoms with Crippen LogP contribution in [0.4, 0.5) is 13.2 Å². The van der Waals surface area contributed by atoms with Crippen molar-refractivity contribution in [2.24, 2.45) is 5.92 Å². The number of ketones is 1. The summed E-state index contributed by atoms with van der Waals surface area (Å²) in [6.07, 6.45) is -2.99. The second kappa shape index (κ2) is 5.71. The molecule has 6 heteroatoms. The highest BCUT2D eigenvalue weighted by molar-refractivity contribution is 5.93. The molecule has 1 aliphatic heterocycles. The second-order valence-electron chi connectivity index (χ2n) is 4.71. The van der Waals surface area contributed by atoms with Crippen molar-refractivity contribution in [1.29, 1.82) is 0 Å². The van der Waals surface area contributed by atoms with Gasteiger partial charge in [-0.2, -0.15) is 13.2 Å². The van der Waals surface area contributed by atoms with Crippen molar-refractivity contribution in [2.45, 2.75) is 51.7 Å². The first kappa shape index (κ1) is 15.0. The minimum absolute atomic E-state index is 0.112. The van der Waals surface area contributed by atoms with Crippen molar-refractivity contribution >= 4 is 11.7 Å². The molecule has 1 amide bonds. The number of alkyl halides is 3. The van der Waals surface area contributed by atoms with Gasteiger partial charge in [-0.3, -0.25) is 9.59 Å². The maximum Gasteiger partial charge on any atom is 0.452 e. The summed E-state index contributed by atoms with van der Waals surface area (Å²) in [5, 5.41) is 0. The first-order chi connectivity index (χ1) is 8.29. The highest BCUT2D eigenvalue weighted by atomic mass is 19.4. The Bertz CT molecular complexity index is 328. The van der Waals surface area contributed by atoms with Gasteiger partial charge in [-0.15, -0.1) is 0 Å². The van der Waals surface area contributed by atoms with E-state index in [1.165, 1.54) is 0 Å². The zero-order valence-corrected chi connectivity index (χ0v) is 10.6. The summed E-state index contributed by atoms with van der Waals surface area (Å²) in [6, 6.07) is -1.32. The molecule has 0 saturated carbocycles. The number of amides is 1. The van der Waals surface area contributed by atoms with Crippen molar-refractivity contribution in [2.75, 3.05) is 6.54 Å². The molecule has 0 radical (unpaired) electrons. The van der Waals surface area contributed by atoms with Gasteiger partial charge in [0.05, 0.1) is 6.04 Å². The van der Waals surface area contributed by atoms with Gasteiger partial charge in [-0.1, -0.05) is 13.8 Å². The average Bonchev–Trinajstić information content (AvgIpc) is 2.35. The van der Waals surface area contributed by atoms with Gasteiger partial charge in [0.15, 0.2) is 0 Å². The Hall–Kier alpha value is -1.07. The van der Waals surface area contributed by atoms with E-state index < -0.39 is 18.0 Å². The maximum absolute atomic E-state index is 12.5. The van der Waals surface area contributed by atoms with Crippen LogP contribution in [0.2, 0.25) is 0 Å². The molecule has 1 saturated heterocycles. The lowest BCUT2D eigenvalue weighted by atomic mass is 9.95. The van der Waals surface area contributed by atoms with E-state index in [1.54, 1.807) is 13.8 Å². The normalized spacial score (nSPS) is 22.7. The molecule has 0 aromatic heterocycles. The molecule has 2 atom stereocenters. The van der Waals surface area contributed by atoms with Crippen LogP contribution in [-0.4, -0.2) is 35.4 Å². The quantitative estimate of drug-likeness (QED) is 0.786. The number of carbonyl (C=O) groups is 2. The molecule has 1 rings (SSSR count). The Balaban J connectivity index is 2.87. The Morgan fingerprint density at radius 1 is 1.33 bits per heavy atom. The van der Waals surface area contributed by atoms with E-state index in [4.69, 9.17) is 0 Å². The van der Waals surface area contributed by atoms with Gasteiger partial charge >= 0.3 is 6.18 Å². The van der Waals surface area contributed by atoms with E-state index in [0.717, 1.165) is 4.90 Å². The fraction of sp³-hybridized carbons (Fsp3) is 0.833. The van der Waals surface area contributed by atoms with Crippen molar-refractivity contribution < 1.29 is 22.8 Å². The number of halogens is 3. The molecule has 2 unspecified atom stereocenters. The SMILES string of the molecule is CCC(C)C(=O)N1CCCCC1C(=O)C(F)(F)F. The van der Waals surface area contributed by atoms with Crippen molar-refractivity contribution in [3.63, 3.8) is 0 Å². The van der Waals surface area contributed by atoms with Crippen molar-refractivity contribution in [3.8, 4) is 0 Å². The van der Waals surface area contributed by atoms with Gasteiger partial charge < -0.3 is 4.90 Å². The monoisotopic (exact) mass is 265 g/mol. The Kier molecular flexibility index (Phi) is 4.76. The Labute approximate surface area is 104 Å². The first-order valence-electron chi connectivity index (χ1n) is 6.20. The van der Waals surface area contributed by atoms with Crippen LogP contribution in [0.3, 0.4) is 0 Å². The van der Waals surface area contributed by atoms with Crippen LogP contribution in [0, 0.1) is 5.92 Å². The van der Waals surface area contributed by atoms with E-state index in [1.807, 2.05) is 0 Å². The third-order valence-electron chi connectivity index (χ3n) is 3.40. The minimum Gasteiger partial charge on any atom is -0.332 e. The van der Waals surface area contributed by atoms with Crippen LogP contribution >= 0.6 is 0 Å². The van der Waals surface area contributed by atoms with E-state index >= 15 is 0 Å². The van der Waals surface area contributed by atoms with Crippen LogP contribution in [-0.2, 0) is 9.59 Å². The smallest absolute Gasteiger partial charge is 0.332 e. The number of likely N-dealkylation sites (tertiary alicyclic amines) is 1. The van der Waals surface area contributed by atoms with Crippen LogP contribution < -0.4 is 0 Å². The molecule has 0 aromatic rings. The third-order valence-corrected chi connectivity index (χ3v) is 3.40. The number of Topliss-reactive ketones (excluding diaryl/α,β-unsaturated/α-hetero) is 1. The van der Waals surface area contributed by atoms with E-state index in [9.17, 15) is 22.8 Å². The molecule has 0 spiro atoms. The van der Waals surface area contributed by atoms with Gasteiger partial charge in [-0.05, 0) is 25.7 Å². The van der Waals surface area contributed by atoms with E-state index in [-0.39, 0.29) is 24.8 Å². The fourth-order valence-corrected chi connectivity index (χ4v) is 2.11. The topological polar surface area (TPSA) is 37.4 Å². The lowest BCUT2D eigenvalue weighted by Crippen LogP contribution is -2.53. The summed E-state index contributed by atoms with van der Waals surface area (Å²) >= 11 is 0. The standard InChI is InChI=1S/C12H18F3NO2/c1-3-8(2)11(18)16-7-5-4-6-9(16)10(17)12(13,14)15/h8-9H,3-7H2,1-2H3. The number of hydrogen-bond donors (Lipinski definition) is 0. The Morgan fingerprint density at radius 2 is 1.94 bits per heavy atom. The summed E-state index contributed by atoms with van der Waals surface area (Å²) in [6.45, 7) is 3.72. The van der Waals surface area contributed by atoms with E-state index in [2.05, 4.69) is 0 Å². The molecule has 18 heavy (non-hydrogen) atoms. The van der Waals surface area contributed by atoms with Crippen LogP contribution in [0.5, 0.6) is 0 Å². The Morgan fingerprint density at radius 3 is 2.44 bits per heavy atom. The van der Waals surface area contributed by atoms with Gasteiger partial charge in [0.25, 0.3) is 5.78 Å². The lowest BCUT2D eigenvalue weighted by Gasteiger charge is -2.36. The molecule has 0 bridgehead atoms. The highest BCUT2D eigenvalue weighted by Gasteiger charge is 2.47. The van der Waals surface area contributed by atoms with Crippen LogP contribution in [0.25, 0.3) is 0 Å². The second-order valence-corrected chi connectivity index (χ2v) is 4.71. The first-order valence-corrected chi connectivity index (χ1v) is 6.20. The predicted molar refractivity (Wildman–Crippen MR) is 59.9 cm³/mol. The van der Waals surface area contributed by atoms with Crippen LogP contribution in [0.1, 0.15) is 39.5 Å². The fourth-order valence-electron chi connectivity index (χ4n) is 2.11. The minimum atomic E-state index is -4.87. The molecule has 1 heterocycles. The average molecular weight is 265 g/mol. The van der Waals surface area contributed by atoms with Crippen LogP contribution in [0.15, 0.2) is 0 Å². The zero-order chi connectivity index (χ0) is 13.9. The molecule has 1 aliphatic rings. The molecule has 0 aromatic carbocycles. The molecule has 0 aliphatic carbocycles. The molecule has 0 N–H and O–H groups in total. The number of rotatable bonds is 3. The predicted octanol–water partition coefficient (Wildman–Crippen LogP) is 2.55. The van der Waals surface area contributed by atoms with Gasteiger partial charge in [0, 0.05) is 12.5 Å². The lowest BCUT2D eigenvalue weighted by molar-refractivity contribution is -0.179. The number of piperidine rings is 1. The number of hydrogen-bond acceptors (Lipinski definition) is 2. The highest BCUT2D eigenvalue weighted by Crippen LogP contribution is 2.27. The maximum atomic E-state index is 12.5. The molecular formula is C12H18F3NO2. The summed E-state index contributed by atoms with van der Waals surface area (Å²) in [5.74, 6) is -2.48. The summed E-state index contributed by atoms with van der Waals surface area (Å²) in [5.41, 5.74) is 0. The molecule has 1 fully saturated rings. The number of nitrogens with zero attached hydrogens (tertiary/aromatic N) is 1. The van der Waals surface area contributed by atoms with E-state index in [0.29, 0.717) is 19.3 Å². The summed E-state index contributed by atoms with van der Waals surface area (Å²) in [7, 11) is 0. The summed E-state index contributed by atoms with van der Waals surface area (Å²) < 4.78 is 37.4. The molecule has 104 valence electrons. The largest absolute Gasteiger partial charge is 0.452 e. The summed E-state index contributed by atoms with van der Waals surface area (Å²) in [4.78, 5) is 24.4. The number of carbonyl (C=O) groups excluding carboxylic acids is 2. The zero-order valence-electron chi connectivity index (χ0n) is 10.6. The molecule has 3 nitrogen and oxygen atoms in total. The third kappa shape index (κ3) is 3.23. The van der Waals surface area contributed by atoms with Gasteiger partial charge in [-0.25, -0.2) is 0 Å². The van der Waals surface area contributed by atoms with Gasteiger partial charge in [0.2, 0.25) is 5.91 Å². The van der Waals surface area contributed by atoms with Crippen molar-refractivity contribution in [3.05, 3.63) is 0 Å². The van der Waals surface area contributed by atoms with Gasteiger partial charge in [0.1, 0.15) is 0 Å². The van der Waals surface area contributed by atoms with Crippen molar-refractivity contribution in [1.82, 2.24) is 4.90 Å². The molecular weight excluding hydrogens is 247 g/mol.